The van der Waals surface area contributed by atoms with Gasteiger partial charge in [-0.25, -0.2) is 9.82 Å². The number of hydrogen-bond donors (Lipinski definition) is 4. The first-order chi connectivity index (χ1) is 8.59. The molecule has 0 saturated carbocycles. The van der Waals surface area contributed by atoms with Crippen LogP contribution in [0.1, 0.15) is 10.4 Å². The van der Waals surface area contributed by atoms with Crippen LogP contribution in [-0.2, 0) is 0 Å². The third-order valence-electron chi connectivity index (χ3n) is 2.65. The summed E-state index contributed by atoms with van der Waals surface area (Å²) < 4.78 is 13.4. The molecule has 0 aromatic carbocycles. The molecule has 0 aliphatic carbocycles. The van der Waals surface area contributed by atoms with E-state index in [0.717, 1.165) is 6.20 Å². The van der Waals surface area contributed by atoms with Crippen molar-refractivity contribution in [2.75, 3.05) is 6.54 Å². The summed E-state index contributed by atoms with van der Waals surface area (Å²) >= 11 is 4.89. The number of thiocarbonyl (C=S) groups is 1. The molecule has 0 bridgehead atoms. The Kier molecular flexibility index (Phi) is 3.80. The zero-order valence-electron chi connectivity index (χ0n) is 9.31. The van der Waals surface area contributed by atoms with E-state index >= 15 is 0 Å². The van der Waals surface area contributed by atoms with Crippen molar-refractivity contribution >= 4 is 23.1 Å². The number of hydrazine groups is 1. The molecule has 5 N–H and O–H groups in total. The normalized spacial score (nSPS) is 22.7. The molecule has 1 aliphatic rings. The van der Waals surface area contributed by atoms with Crippen LogP contribution in [-0.4, -0.2) is 28.6 Å². The van der Waals surface area contributed by atoms with Crippen molar-refractivity contribution in [2.24, 2.45) is 11.7 Å². The first-order valence-electron chi connectivity index (χ1n) is 5.27. The van der Waals surface area contributed by atoms with Gasteiger partial charge in [0.05, 0.1) is 22.7 Å². The van der Waals surface area contributed by atoms with E-state index in [2.05, 4.69) is 21.2 Å². The van der Waals surface area contributed by atoms with Gasteiger partial charge < -0.3 is 11.1 Å². The van der Waals surface area contributed by atoms with E-state index in [4.69, 9.17) is 18.0 Å². The van der Waals surface area contributed by atoms with Crippen molar-refractivity contribution < 1.29 is 9.18 Å². The van der Waals surface area contributed by atoms with Crippen molar-refractivity contribution in [2.45, 2.75) is 6.17 Å². The minimum Gasteiger partial charge on any atom is -0.393 e. The van der Waals surface area contributed by atoms with E-state index in [0.29, 0.717) is 6.54 Å². The third kappa shape index (κ3) is 2.61. The van der Waals surface area contributed by atoms with E-state index in [1.54, 1.807) is 0 Å². The lowest BCUT2D eigenvalue weighted by Gasteiger charge is -2.18. The first-order valence-corrected chi connectivity index (χ1v) is 5.68. The number of nitrogens with two attached hydrogens (primary N) is 1. The molecule has 2 heterocycles. The fourth-order valence-electron chi connectivity index (χ4n) is 1.68. The van der Waals surface area contributed by atoms with Crippen molar-refractivity contribution in [3.63, 3.8) is 0 Å². The van der Waals surface area contributed by atoms with E-state index in [9.17, 15) is 9.18 Å². The minimum absolute atomic E-state index is 0.0691. The number of carbonyl (C=O) groups excluding carboxylic acids is 1. The number of nitrogens with zero attached hydrogens (tertiary/aromatic N) is 1. The summed E-state index contributed by atoms with van der Waals surface area (Å²) in [5.74, 6) is -1.43. The Labute approximate surface area is 108 Å². The van der Waals surface area contributed by atoms with Crippen molar-refractivity contribution in [3.05, 3.63) is 29.8 Å². The summed E-state index contributed by atoms with van der Waals surface area (Å²) in [5.41, 5.74) is 11.1. The summed E-state index contributed by atoms with van der Waals surface area (Å²) in [6.07, 6.45) is 1.88. The molecule has 6 nitrogen and oxygen atoms in total. The van der Waals surface area contributed by atoms with Crippen molar-refractivity contribution in [1.29, 1.82) is 0 Å². The van der Waals surface area contributed by atoms with Crippen LogP contribution in [0.4, 0.5) is 4.39 Å². The van der Waals surface area contributed by atoms with Gasteiger partial charge in [0.25, 0.3) is 5.91 Å². The van der Waals surface area contributed by atoms with Crippen LogP contribution in [0.5, 0.6) is 0 Å². The number of carbonyl (C=O) groups is 1. The number of pyridine rings is 1. The number of amides is 1. The predicted octanol–water partition coefficient (Wildman–Crippen LogP) is -0.713. The Morgan fingerprint density at radius 3 is 3.11 bits per heavy atom. The molecule has 1 aromatic rings. The van der Waals surface area contributed by atoms with Crippen LogP contribution in [0.3, 0.4) is 0 Å². The molecule has 0 radical (unpaired) electrons. The van der Waals surface area contributed by atoms with Gasteiger partial charge in [0.1, 0.15) is 6.17 Å². The average Bonchev–Trinajstić information content (AvgIpc) is 2.77. The molecule has 0 spiro atoms. The van der Waals surface area contributed by atoms with E-state index in [1.165, 1.54) is 12.3 Å². The summed E-state index contributed by atoms with van der Waals surface area (Å²) in [6.45, 7) is 0.513. The fraction of sp³-hybridized carbons (Fsp3) is 0.300. The molecule has 2 rings (SSSR count). The molecule has 1 saturated heterocycles. The lowest BCUT2D eigenvalue weighted by Crippen LogP contribution is -2.49. The second-order valence-electron chi connectivity index (χ2n) is 3.84. The number of nitrogens with one attached hydrogen (secondary N) is 3. The Balaban J connectivity index is 2.08. The smallest absolute Gasteiger partial charge is 0.255 e. The Bertz CT molecular complexity index is 483. The number of rotatable bonds is 3. The van der Waals surface area contributed by atoms with Crippen molar-refractivity contribution in [1.82, 2.24) is 21.2 Å². The molecule has 1 aliphatic heterocycles. The van der Waals surface area contributed by atoms with Crippen LogP contribution in [0.25, 0.3) is 0 Å². The number of aromatic nitrogens is 1. The molecule has 8 heteroatoms. The maximum absolute atomic E-state index is 13.4. The monoisotopic (exact) mass is 269 g/mol. The molecule has 18 heavy (non-hydrogen) atoms. The lowest BCUT2D eigenvalue weighted by atomic mass is 10.1. The van der Waals surface area contributed by atoms with E-state index in [1.807, 2.05) is 0 Å². The molecule has 2 unspecified atom stereocenters. The van der Waals surface area contributed by atoms with Gasteiger partial charge in [0, 0.05) is 12.7 Å². The summed E-state index contributed by atoms with van der Waals surface area (Å²) in [7, 11) is 0. The third-order valence-corrected chi connectivity index (χ3v) is 2.95. The molecule has 1 amide bonds. The Morgan fingerprint density at radius 2 is 2.44 bits per heavy atom. The van der Waals surface area contributed by atoms with Gasteiger partial charge in [-0.05, 0) is 6.07 Å². The number of hydrogen-bond acceptors (Lipinski definition) is 5. The van der Waals surface area contributed by atoms with Gasteiger partial charge >= 0.3 is 0 Å². The van der Waals surface area contributed by atoms with Gasteiger partial charge in [-0.15, -0.1) is 0 Å². The summed E-state index contributed by atoms with van der Waals surface area (Å²) in [5, 5.41) is 2.62. The zero-order valence-corrected chi connectivity index (χ0v) is 10.1. The standard InChI is InChI=1S/C10H12FN5OS/c11-7-4-13-2-1-5(7)10(17)15-9-6(8(12)18)3-14-16-9/h1-2,4,6,9,14,16H,3H2,(H2,12,18)(H,15,17). The van der Waals surface area contributed by atoms with Crippen LogP contribution in [0.15, 0.2) is 18.5 Å². The molecular formula is C10H12FN5OS. The van der Waals surface area contributed by atoms with Gasteiger partial charge in [0.2, 0.25) is 0 Å². The van der Waals surface area contributed by atoms with Crippen LogP contribution >= 0.6 is 12.2 Å². The highest BCUT2D eigenvalue weighted by molar-refractivity contribution is 7.80. The number of halogens is 1. The Hall–Kier alpha value is -1.64. The average molecular weight is 269 g/mol. The highest BCUT2D eigenvalue weighted by atomic mass is 32.1. The predicted molar refractivity (Wildman–Crippen MR) is 66.9 cm³/mol. The topological polar surface area (TPSA) is 92.1 Å². The highest BCUT2D eigenvalue weighted by Crippen LogP contribution is 2.09. The van der Waals surface area contributed by atoms with E-state index < -0.39 is 17.9 Å². The Morgan fingerprint density at radius 1 is 1.67 bits per heavy atom. The highest BCUT2D eigenvalue weighted by Gasteiger charge is 2.30. The second kappa shape index (κ2) is 5.34. The largest absolute Gasteiger partial charge is 0.393 e. The lowest BCUT2D eigenvalue weighted by molar-refractivity contribution is 0.0924. The van der Waals surface area contributed by atoms with Crippen molar-refractivity contribution in [3.8, 4) is 0 Å². The van der Waals surface area contributed by atoms with Crippen LogP contribution < -0.4 is 21.9 Å². The molecule has 1 fully saturated rings. The van der Waals surface area contributed by atoms with Crippen LogP contribution in [0.2, 0.25) is 0 Å². The molecule has 96 valence electrons. The van der Waals surface area contributed by atoms with Gasteiger partial charge in [-0.2, -0.15) is 0 Å². The van der Waals surface area contributed by atoms with Gasteiger partial charge in [-0.3, -0.25) is 15.2 Å². The fourth-order valence-corrected chi connectivity index (χ4v) is 1.90. The molecular weight excluding hydrogens is 257 g/mol. The minimum atomic E-state index is -0.673. The maximum atomic E-state index is 13.4. The molecule has 2 atom stereocenters. The van der Waals surface area contributed by atoms with Gasteiger partial charge in [-0.1, -0.05) is 12.2 Å². The summed E-state index contributed by atoms with van der Waals surface area (Å²) in [4.78, 5) is 15.7. The maximum Gasteiger partial charge on any atom is 0.255 e. The SMILES string of the molecule is NC(=S)C1CNNC1NC(=O)c1ccncc1F. The van der Waals surface area contributed by atoms with Crippen LogP contribution in [0, 0.1) is 11.7 Å². The summed E-state index contributed by atoms with van der Waals surface area (Å²) in [6, 6.07) is 1.31. The molecule has 1 aromatic heterocycles. The van der Waals surface area contributed by atoms with E-state index in [-0.39, 0.29) is 16.5 Å². The first kappa shape index (κ1) is 12.8. The second-order valence-corrected chi connectivity index (χ2v) is 4.31. The zero-order chi connectivity index (χ0) is 13.1. The van der Waals surface area contributed by atoms with Gasteiger partial charge in [0.15, 0.2) is 5.82 Å². The quantitative estimate of drug-likeness (QED) is 0.542.